The molecule has 286 valence electrons. The van der Waals surface area contributed by atoms with E-state index in [-0.39, 0.29) is 25.1 Å². The molecule has 9 nitrogen and oxygen atoms in total. The van der Waals surface area contributed by atoms with Crippen molar-refractivity contribution in [3.8, 4) is 0 Å². The summed E-state index contributed by atoms with van der Waals surface area (Å²) >= 11 is 0. The quantitative estimate of drug-likeness (QED) is 0.127. The Morgan fingerprint density at radius 2 is 1.35 bits per heavy atom. The van der Waals surface area contributed by atoms with Crippen LogP contribution in [0.25, 0.3) is 0 Å². The number of carboxylic acids is 1. The number of carbonyl (C=O) groups excluding carboxylic acids is 1. The lowest BCUT2D eigenvalue weighted by molar-refractivity contribution is -0.384. The second-order valence-electron chi connectivity index (χ2n) is 12.3. The normalized spacial score (nSPS) is 14.7. The number of nitro groups is 1. The highest BCUT2D eigenvalue weighted by Gasteiger charge is 2.25. The van der Waals surface area contributed by atoms with Crippen molar-refractivity contribution in [2.75, 3.05) is 26.7 Å². The van der Waals surface area contributed by atoms with Crippen molar-refractivity contribution in [2.45, 2.75) is 93.9 Å². The molecule has 1 fully saturated rings. The van der Waals surface area contributed by atoms with Gasteiger partial charge in [-0.3, -0.25) is 10.1 Å². The van der Waals surface area contributed by atoms with Crippen LogP contribution in [0.15, 0.2) is 114 Å². The van der Waals surface area contributed by atoms with Crippen molar-refractivity contribution in [1.82, 2.24) is 10.2 Å². The van der Waals surface area contributed by atoms with Gasteiger partial charge in [-0.25, -0.2) is 9.59 Å². The van der Waals surface area contributed by atoms with E-state index < -0.39 is 16.9 Å². The molecule has 2 heterocycles. The minimum Gasteiger partial charge on any atom is -0.478 e. The molecule has 5 rings (SSSR count). The zero-order chi connectivity index (χ0) is 38.2. The largest absolute Gasteiger partial charge is 0.478 e. The highest BCUT2D eigenvalue weighted by Crippen LogP contribution is 2.29. The lowest BCUT2D eigenvalue weighted by atomic mass is 9.88. The number of carbonyl (C=O) groups is 2. The number of allylic oxidation sites excluding steroid dienone is 2. The number of likely N-dealkylation sites (tertiary alicyclic amines) is 1. The van der Waals surface area contributed by atoms with Gasteiger partial charge in [0.25, 0.3) is 5.69 Å². The van der Waals surface area contributed by atoms with Crippen LogP contribution in [0.5, 0.6) is 0 Å². The first-order valence-electron chi connectivity index (χ1n) is 18.0. The molecule has 2 aliphatic rings. The van der Waals surface area contributed by atoms with Gasteiger partial charge in [0.1, 0.15) is 0 Å². The zero-order valence-corrected chi connectivity index (χ0v) is 31.9. The molecular formula is C43H63N3O6. The van der Waals surface area contributed by atoms with E-state index in [2.05, 4.69) is 96.4 Å². The number of nitrogens with one attached hydrogen (secondary N) is 1. The molecular weight excluding hydrogens is 654 g/mol. The first kappa shape index (κ1) is 47.2. The molecule has 52 heavy (non-hydrogen) atoms. The predicted molar refractivity (Wildman–Crippen MR) is 214 cm³/mol. The molecule has 0 aromatic heterocycles. The number of esters is 1. The number of ether oxygens (including phenoxy) is 1. The van der Waals surface area contributed by atoms with Gasteiger partial charge < -0.3 is 20.1 Å². The van der Waals surface area contributed by atoms with Gasteiger partial charge in [-0.15, -0.1) is 0 Å². The number of dihydropyridines is 1. The number of para-hydroxylation sites is 1. The molecule has 0 spiro atoms. The molecule has 3 aromatic rings. The smallest absolute Gasteiger partial charge is 0.335 e. The van der Waals surface area contributed by atoms with Gasteiger partial charge >= 0.3 is 11.9 Å². The summed E-state index contributed by atoms with van der Waals surface area (Å²) in [6, 6.07) is 29.8. The number of unbranched alkanes of at least 4 members (excludes halogenated alkanes) is 1. The van der Waals surface area contributed by atoms with Crippen LogP contribution in [0, 0.1) is 16.0 Å². The number of aliphatic carboxylic acids is 1. The molecule has 1 saturated heterocycles. The van der Waals surface area contributed by atoms with Crippen molar-refractivity contribution in [3.63, 3.8) is 0 Å². The summed E-state index contributed by atoms with van der Waals surface area (Å²) in [5.74, 6) is -0.125. The molecule has 2 aliphatic heterocycles. The maximum absolute atomic E-state index is 11.3. The van der Waals surface area contributed by atoms with Crippen LogP contribution in [0.4, 0.5) is 5.69 Å². The van der Waals surface area contributed by atoms with E-state index in [1.807, 2.05) is 13.8 Å². The number of hydrogen-bond donors (Lipinski definition) is 2. The van der Waals surface area contributed by atoms with Crippen LogP contribution in [0.2, 0.25) is 0 Å². The molecule has 1 unspecified atom stereocenters. The Morgan fingerprint density at radius 3 is 1.71 bits per heavy atom. The summed E-state index contributed by atoms with van der Waals surface area (Å²) in [5.41, 5.74) is 4.78. The minimum atomic E-state index is -1.02. The van der Waals surface area contributed by atoms with E-state index in [9.17, 15) is 19.7 Å². The second-order valence-corrected chi connectivity index (χ2v) is 12.3. The van der Waals surface area contributed by atoms with Crippen molar-refractivity contribution < 1.29 is 24.4 Å². The number of benzene rings is 3. The fourth-order valence-electron chi connectivity index (χ4n) is 5.45. The van der Waals surface area contributed by atoms with E-state index in [1.165, 1.54) is 75.7 Å². The lowest BCUT2D eigenvalue weighted by Gasteiger charge is -2.22. The number of hydrogen-bond acceptors (Lipinski definition) is 7. The van der Waals surface area contributed by atoms with Crippen molar-refractivity contribution in [2.24, 2.45) is 5.92 Å². The first-order chi connectivity index (χ1) is 24.5. The van der Waals surface area contributed by atoms with Gasteiger partial charge in [0.2, 0.25) is 0 Å². The van der Waals surface area contributed by atoms with Gasteiger partial charge in [0.15, 0.2) is 0 Å². The van der Waals surface area contributed by atoms with E-state index >= 15 is 0 Å². The summed E-state index contributed by atoms with van der Waals surface area (Å²) in [7, 11) is 1.27. The SMILES string of the molecule is C.CC.CC1CCN(CCC(c2ccccc2)c2ccccc2)C1.CCCC.COC(=O)C1=C(C)NC(C)=C(C(=O)O)C1.O=[N+]([O-])c1ccccc1. The Hall–Kier alpha value is -4.76. The van der Waals surface area contributed by atoms with Crippen LogP contribution in [0.3, 0.4) is 0 Å². The molecule has 0 radical (unpaired) electrons. The average Bonchev–Trinajstić information content (AvgIpc) is 3.58. The number of nitro benzene ring substituents is 1. The summed E-state index contributed by atoms with van der Waals surface area (Å²) in [4.78, 5) is 34.4. The van der Waals surface area contributed by atoms with Crippen LogP contribution >= 0.6 is 0 Å². The number of non-ortho nitro benzene ring substituents is 1. The van der Waals surface area contributed by atoms with Crippen LogP contribution < -0.4 is 5.32 Å². The third-order valence-corrected chi connectivity index (χ3v) is 8.44. The highest BCUT2D eigenvalue weighted by molar-refractivity contribution is 5.95. The molecule has 1 atom stereocenters. The Morgan fingerprint density at radius 1 is 0.885 bits per heavy atom. The maximum Gasteiger partial charge on any atom is 0.335 e. The number of nitrogens with zero attached hydrogens (tertiary/aromatic N) is 2. The Labute approximate surface area is 313 Å². The van der Waals surface area contributed by atoms with Crippen molar-refractivity contribution in [1.29, 1.82) is 0 Å². The predicted octanol–water partition coefficient (Wildman–Crippen LogP) is 10.4. The summed E-state index contributed by atoms with van der Waals surface area (Å²) in [6.45, 7) is 17.9. The van der Waals surface area contributed by atoms with Gasteiger partial charge in [-0.05, 0) is 56.8 Å². The lowest BCUT2D eigenvalue weighted by Crippen LogP contribution is -2.25. The van der Waals surface area contributed by atoms with Crippen LogP contribution in [0.1, 0.15) is 105 Å². The summed E-state index contributed by atoms with van der Waals surface area (Å²) in [6.07, 6.45) is 5.31. The van der Waals surface area contributed by atoms with Crippen molar-refractivity contribution in [3.05, 3.63) is 135 Å². The van der Waals surface area contributed by atoms with Gasteiger partial charge in [-0.2, -0.15) is 0 Å². The van der Waals surface area contributed by atoms with E-state index in [4.69, 9.17) is 5.11 Å². The Kier molecular flexibility index (Phi) is 24.5. The fourth-order valence-corrected chi connectivity index (χ4v) is 5.45. The minimum absolute atomic E-state index is 0. The van der Waals surface area contributed by atoms with Gasteiger partial charge in [-0.1, -0.05) is 134 Å². The third kappa shape index (κ3) is 17.0. The molecule has 2 N–H and O–H groups in total. The van der Waals surface area contributed by atoms with E-state index in [0.717, 1.165) is 5.92 Å². The Bertz CT molecular complexity index is 1470. The zero-order valence-electron chi connectivity index (χ0n) is 31.9. The number of methoxy groups -OCH3 is 1. The summed E-state index contributed by atoms with van der Waals surface area (Å²) < 4.78 is 4.57. The monoisotopic (exact) mass is 717 g/mol. The topological polar surface area (TPSA) is 122 Å². The maximum atomic E-state index is 11.3. The second kappa shape index (κ2) is 27.0. The molecule has 0 bridgehead atoms. The fraction of sp³-hybridized carbons (Fsp3) is 0.442. The molecule has 9 heteroatoms. The standard InChI is InChI=1S/C20H25N.C10H13NO4.C6H5NO2.C4H10.C2H6.CH4/c1-17-12-14-21(16-17)15-13-20(18-8-4-2-5-9-18)19-10-6-3-7-11-19;1-5-7(9(12)13)4-8(6(2)11-5)10(14)15-3;8-7(9)6-4-2-1-3-5-6;1-3-4-2;1-2;/h2-11,17,20H,12-16H2,1H3;11H,4H2,1-3H3,(H,12,13);1-5H;3-4H2,1-2H3;1-2H3;1H4. The molecule has 0 amide bonds. The van der Waals surface area contributed by atoms with Crippen molar-refractivity contribution >= 4 is 17.6 Å². The van der Waals surface area contributed by atoms with Crippen LogP contribution in [-0.2, 0) is 14.3 Å². The van der Waals surface area contributed by atoms with E-state index in [1.54, 1.807) is 32.0 Å². The number of carboxylic acid groups (broad SMARTS) is 1. The van der Waals surface area contributed by atoms with Gasteiger partial charge in [0, 0.05) is 42.4 Å². The third-order valence-electron chi connectivity index (χ3n) is 8.44. The highest BCUT2D eigenvalue weighted by atomic mass is 16.6. The molecule has 3 aromatic carbocycles. The molecule has 0 saturated carbocycles. The number of rotatable bonds is 9. The van der Waals surface area contributed by atoms with Gasteiger partial charge in [0.05, 0.1) is 23.2 Å². The first-order valence-corrected chi connectivity index (χ1v) is 18.0. The van der Waals surface area contributed by atoms with E-state index in [0.29, 0.717) is 22.9 Å². The Balaban J connectivity index is 0.000000734. The summed E-state index contributed by atoms with van der Waals surface area (Å²) in [5, 5.41) is 21.8. The average molecular weight is 718 g/mol. The molecule has 0 aliphatic carbocycles. The van der Waals surface area contributed by atoms with Crippen LogP contribution in [-0.4, -0.2) is 53.6 Å².